The van der Waals surface area contributed by atoms with Crippen LogP contribution in [0.25, 0.3) is 0 Å². The molecule has 1 aromatic rings. The third-order valence-electron chi connectivity index (χ3n) is 2.55. The van der Waals surface area contributed by atoms with Crippen molar-refractivity contribution in [3.8, 4) is 11.5 Å². The second-order valence-corrected chi connectivity index (χ2v) is 3.66. The fraction of sp³-hybridized carbons (Fsp3) is 0.500. The van der Waals surface area contributed by atoms with Gasteiger partial charge in [0.2, 0.25) is 0 Å². The van der Waals surface area contributed by atoms with Crippen molar-refractivity contribution >= 4 is 0 Å². The Balaban J connectivity index is 3.13. The van der Waals surface area contributed by atoms with Crippen molar-refractivity contribution in [1.29, 1.82) is 0 Å². The number of nitrogens with two attached hydrogens (primary N) is 1. The van der Waals surface area contributed by atoms with Gasteiger partial charge in [-0.25, -0.2) is 0 Å². The molecule has 1 rings (SSSR count). The molecule has 0 heterocycles. The van der Waals surface area contributed by atoms with Gasteiger partial charge < -0.3 is 20.3 Å². The first-order valence-electron chi connectivity index (χ1n) is 5.24. The van der Waals surface area contributed by atoms with Crippen LogP contribution in [0.2, 0.25) is 0 Å². The Morgan fingerprint density at radius 1 is 1.25 bits per heavy atom. The van der Waals surface area contributed by atoms with E-state index < -0.39 is 6.10 Å². The molecular formula is C12H19NO3. The van der Waals surface area contributed by atoms with Gasteiger partial charge in [-0.2, -0.15) is 0 Å². The molecule has 90 valence electrons. The molecule has 0 amide bonds. The second kappa shape index (κ2) is 5.72. The average Bonchev–Trinajstić information content (AvgIpc) is 2.28. The fourth-order valence-corrected chi connectivity index (χ4v) is 1.65. The first kappa shape index (κ1) is 12.8. The molecule has 4 heteroatoms. The number of benzene rings is 1. The molecule has 0 radical (unpaired) electrons. The van der Waals surface area contributed by atoms with Crippen molar-refractivity contribution in [1.82, 2.24) is 0 Å². The minimum atomic E-state index is -0.616. The summed E-state index contributed by atoms with van der Waals surface area (Å²) in [5, 5.41) is 9.93. The molecule has 0 saturated carbocycles. The molecule has 0 aliphatic heterocycles. The maximum Gasteiger partial charge on any atom is 0.125 e. The molecule has 1 atom stereocenters. The van der Waals surface area contributed by atoms with E-state index in [1.807, 2.05) is 13.0 Å². The summed E-state index contributed by atoms with van der Waals surface area (Å²) in [5.41, 5.74) is 7.12. The Morgan fingerprint density at radius 2 is 1.88 bits per heavy atom. The van der Waals surface area contributed by atoms with Gasteiger partial charge in [-0.15, -0.1) is 0 Å². The standard InChI is InChI=1S/C12H19NO3/c1-8-6-12(16-3)9(7-11(8)15-2)10(14)4-5-13/h6-7,10,14H,4-5,13H2,1-3H3. The molecule has 0 aliphatic carbocycles. The van der Waals surface area contributed by atoms with E-state index in [-0.39, 0.29) is 0 Å². The van der Waals surface area contributed by atoms with Crippen LogP contribution in [0.5, 0.6) is 11.5 Å². The normalized spacial score (nSPS) is 12.3. The summed E-state index contributed by atoms with van der Waals surface area (Å²) in [6.07, 6.45) is -0.114. The second-order valence-electron chi connectivity index (χ2n) is 3.66. The van der Waals surface area contributed by atoms with E-state index >= 15 is 0 Å². The summed E-state index contributed by atoms with van der Waals surface area (Å²) in [6, 6.07) is 3.66. The molecule has 0 spiro atoms. The van der Waals surface area contributed by atoms with Crippen LogP contribution in [-0.2, 0) is 0 Å². The highest BCUT2D eigenvalue weighted by Gasteiger charge is 2.15. The van der Waals surface area contributed by atoms with Crippen LogP contribution in [0.3, 0.4) is 0 Å². The highest BCUT2D eigenvalue weighted by Crippen LogP contribution is 2.33. The average molecular weight is 225 g/mol. The maximum atomic E-state index is 9.93. The van der Waals surface area contributed by atoms with Crippen LogP contribution >= 0.6 is 0 Å². The molecule has 16 heavy (non-hydrogen) atoms. The lowest BCUT2D eigenvalue weighted by Crippen LogP contribution is -2.08. The SMILES string of the molecule is COc1cc(C(O)CCN)c(OC)cc1C. The van der Waals surface area contributed by atoms with Crippen LogP contribution < -0.4 is 15.2 Å². The summed E-state index contributed by atoms with van der Waals surface area (Å²) >= 11 is 0. The number of hydrogen-bond acceptors (Lipinski definition) is 4. The van der Waals surface area contributed by atoms with Crippen molar-refractivity contribution in [2.24, 2.45) is 5.73 Å². The van der Waals surface area contributed by atoms with Gasteiger partial charge in [0.25, 0.3) is 0 Å². The van der Waals surface area contributed by atoms with Gasteiger partial charge in [0.15, 0.2) is 0 Å². The molecule has 0 saturated heterocycles. The van der Waals surface area contributed by atoms with Gasteiger partial charge in [-0.05, 0) is 37.6 Å². The number of aryl methyl sites for hydroxylation is 1. The van der Waals surface area contributed by atoms with E-state index in [2.05, 4.69) is 0 Å². The summed E-state index contributed by atoms with van der Waals surface area (Å²) in [6.45, 7) is 2.36. The Labute approximate surface area is 96.0 Å². The highest BCUT2D eigenvalue weighted by molar-refractivity contribution is 5.46. The number of methoxy groups -OCH3 is 2. The Hall–Kier alpha value is -1.26. The van der Waals surface area contributed by atoms with Crippen molar-refractivity contribution in [3.63, 3.8) is 0 Å². The van der Waals surface area contributed by atoms with Gasteiger partial charge in [-0.3, -0.25) is 0 Å². The molecule has 1 unspecified atom stereocenters. The van der Waals surface area contributed by atoms with E-state index in [4.69, 9.17) is 15.2 Å². The van der Waals surface area contributed by atoms with E-state index in [0.29, 0.717) is 18.7 Å². The number of hydrogen-bond donors (Lipinski definition) is 2. The lowest BCUT2D eigenvalue weighted by atomic mass is 10.0. The summed E-state index contributed by atoms with van der Waals surface area (Å²) < 4.78 is 10.5. The van der Waals surface area contributed by atoms with Crippen molar-refractivity contribution < 1.29 is 14.6 Å². The van der Waals surface area contributed by atoms with Gasteiger partial charge >= 0.3 is 0 Å². The molecule has 1 aromatic carbocycles. The van der Waals surface area contributed by atoms with E-state index in [1.54, 1.807) is 20.3 Å². The van der Waals surface area contributed by atoms with Crippen LogP contribution in [0.15, 0.2) is 12.1 Å². The number of aliphatic hydroxyl groups excluding tert-OH is 1. The third-order valence-corrected chi connectivity index (χ3v) is 2.55. The molecular weight excluding hydrogens is 206 g/mol. The van der Waals surface area contributed by atoms with Crippen LogP contribution in [-0.4, -0.2) is 25.9 Å². The Bertz CT molecular complexity index is 352. The summed E-state index contributed by atoms with van der Waals surface area (Å²) in [4.78, 5) is 0. The van der Waals surface area contributed by atoms with E-state index in [1.165, 1.54) is 0 Å². The van der Waals surface area contributed by atoms with Crippen LogP contribution in [0, 0.1) is 6.92 Å². The van der Waals surface area contributed by atoms with Gasteiger partial charge in [0.1, 0.15) is 11.5 Å². The first-order chi connectivity index (χ1) is 7.63. The summed E-state index contributed by atoms with van der Waals surface area (Å²) in [5.74, 6) is 1.41. The molecule has 0 bridgehead atoms. The van der Waals surface area contributed by atoms with E-state index in [9.17, 15) is 5.11 Å². The summed E-state index contributed by atoms with van der Waals surface area (Å²) in [7, 11) is 3.19. The molecule has 0 aliphatic rings. The number of aliphatic hydroxyl groups is 1. The fourth-order valence-electron chi connectivity index (χ4n) is 1.65. The smallest absolute Gasteiger partial charge is 0.125 e. The van der Waals surface area contributed by atoms with Gasteiger partial charge in [-0.1, -0.05) is 0 Å². The lowest BCUT2D eigenvalue weighted by Gasteiger charge is -2.16. The Morgan fingerprint density at radius 3 is 2.38 bits per heavy atom. The topological polar surface area (TPSA) is 64.7 Å². The predicted octanol–water partition coefficient (Wildman–Crippen LogP) is 1.39. The quantitative estimate of drug-likeness (QED) is 0.795. The van der Waals surface area contributed by atoms with Crippen LogP contribution in [0.1, 0.15) is 23.7 Å². The van der Waals surface area contributed by atoms with Crippen molar-refractivity contribution in [3.05, 3.63) is 23.3 Å². The van der Waals surface area contributed by atoms with Crippen molar-refractivity contribution in [2.45, 2.75) is 19.4 Å². The molecule has 4 nitrogen and oxygen atoms in total. The van der Waals surface area contributed by atoms with Crippen LogP contribution in [0.4, 0.5) is 0 Å². The Kier molecular flexibility index (Phi) is 4.58. The highest BCUT2D eigenvalue weighted by atomic mass is 16.5. The minimum Gasteiger partial charge on any atom is -0.496 e. The van der Waals surface area contributed by atoms with E-state index in [0.717, 1.165) is 16.9 Å². The lowest BCUT2D eigenvalue weighted by molar-refractivity contribution is 0.165. The minimum absolute atomic E-state index is 0.431. The monoisotopic (exact) mass is 225 g/mol. The number of ether oxygens (including phenoxy) is 2. The zero-order valence-electron chi connectivity index (χ0n) is 9.99. The van der Waals surface area contributed by atoms with Gasteiger partial charge in [0, 0.05) is 5.56 Å². The zero-order chi connectivity index (χ0) is 12.1. The third kappa shape index (κ3) is 2.65. The maximum absolute atomic E-state index is 9.93. The molecule has 0 fully saturated rings. The number of rotatable bonds is 5. The largest absolute Gasteiger partial charge is 0.496 e. The van der Waals surface area contributed by atoms with Gasteiger partial charge in [0.05, 0.1) is 20.3 Å². The molecule has 3 N–H and O–H groups in total. The predicted molar refractivity (Wildman–Crippen MR) is 62.9 cm³/mol. The van der Waals surface area contributed by atoms with Crippen molar-refractivity contribution in [2.75, 3.05) is 20.8 Å². The first-order valence-corrected chi connectivity index (χ1v) is 5.24. The zero-order valence-corrected chi connectivity index (χ0v) is 9.99. The molecule has 0 aromatic heterocycles.